The number of rotatable bonds is 5. The lowest BCUT2D eigenvalue weighted by atomic mass is 10.2. The maximum absolute atomic E-state index is 12.0. The minimum atomic E-state index is -0.166. The summed E-state index contributed by atoms with van der Waals surface area (Å²) in [5, 5.41) is 2.89. The standard InChI is InChI=1S/C18H21N3O3/c1-14-4-5-16(24-14)6-7-17(22)20-13-15-3-2-8-19-18(15)21-9-11-23-12-10-21/h2-8H,9-13H2,1H3,(H,20,22). The SMILES string of the molecule is Cc1ccc(C=CC(=O)NCc2cccnc2N2CCOCC2)o1. The lowest BCUT2D eigenvalue weighted by Gasteiger charge is -2.29. The van der Waals surface area contributed by atoms with E-state index in [1.807, 2.05) is 31.2 Å². The molecule has 24 heavy (non-hydrogen) atoms. The van der Waals surface area contributed by atoms with Crippen LogP contribution in [0, 0.1) is 6.92 Å². The summed E-state index contributed by atoms with van der Waals surface area (Å²) in [7, 11) is 0. The maximum Gasteiger partial charge on any atom is 0.244 e. The number of carbonyl (C=O) groups excluding carboxylic acids is 1. The average Bonchev–Trinajstić information content (AvgIpc) is 3.04. The second kappa shape index (κ2) is 7.79. The number of anilines is 1. The summed E-state index contributed by atoms with van der Waals surface area (Å²) in [5.41, 5.74) is 0.995. The number of nitrogens with zero attached hydrogens (tertiary/aromatic N) is 2. The Morgan fingerprint density at radius 3 is 2.92 bits per heavy atom. The molecule has 3 rings (SSSR count). The van der Waals surface area contributed by atoms with Gasteiger partial charge in [-0.05, 0) is 31.2 Å². The van der Waals surface area contributed by atoms with Gasteiger partial charge in [-0.2, -0.15) is 0 Å². The number of pyridine rings is 1. The molecule has 0 atom stereocenters. The Hall–Kier alpha value is -2.60. The molecular weight excluding hydrogens is 306 g/mol. The van der Waals surface area contributed by atoms with E-state index in [0.29, 0.717) is 25.5 Å². The predicted molar refractivity (Wildman–Crippen MR) is 91.6 cm³/mol. The van der Waals surface area contributed by atoms with Gasteiger partial charge in [0.05, 0.1) is 13.2 Å². The number of ether oxygens (including phenoxy) is 1. The molecule has 1 fully saturated rings. The molecule has 2 aromatic heterocycles. The number of aromatic nitrogens is 1. The Kier molecular flexibility index (Phi) is 5.28. The van der Waals surface area contributed by atoms with Crippen LogP contribution < -0.4 is 10.2 Å². The van der Waals surface area contributed by atoms with Gasteiger partial charge < -0.3 is 19.4 Å². The fourth-order valence-electron chi connectivity index (χ4n) is 2.57. The summed E-state index contributed by atoms with van der Waals surface area (Å²) in [5.74, 6) is 2.23. The van der Waals surface area contributed by atoms with Gasteiger partial charge in [0, 0.05) is 37.5 Å². The lowest BCUT2D eigenvalue weighted by molar-refractivity contribution is -0.116. The lowest BCUT2D eigenvalue weighted by Crippen LogP contribution is -2.37. The number of hydrogen-bond donors (Lipinski definition) is 1. The summed E-state index contributed by atoms with van der Waals surface area (Å²) in [4.78, 5) is 18.6. The molecule has 3 heterocycles. The zero-order valence-corrected chi connectivity index (χ0v) is 13.7. The van der Waals surface area contributed by atoms with Gasteiger partial charge in [-0.15, -0.1) is 0 Å². The molecule has 0 saturated carbocycles. The van der Waals surface area contributed by atoms with Crippen molar-refractivity contribution in [2.45, 2.75) is 13.5 Å². The van der Waals surface area contributed by atoms with Gasteiger partial charge in [-0.25, -0.2) is 4.98 Å². The molecule has 0 spiro atoms. The molecule has 0 radical (unpaired) electrons. The van der Waals surface area contributed by atoms with E-state index < -0.39 is 0 Å². The quantitative estimate of drug-likeness (QED) is 0.852. The zero-order valence-electron chi connectivity index (χ0n) is 13.7. The van der Waals surface area contributed by atoms with Crippen LogP contribution in [0.15, 0.2) is 41.0 Å². The van der Waals surface area contributed by atoms with Gasteiger partial charge in [-0.1, -0.05) is 6.07 Å². The molecule has 0 aromatic carbocycles. The molecule has 6 heteroatoms. The van der Waals surface area contributed by atoms with Gasteiger partial charge in [-0.3, -0.25) is 4.79 Å². The minimum Gasteiger partial charge on any atom is -0.462 e. The first-order valence-electron chi connectivity index (χ1n) is 8.01. The number of carbonyl (C=O) groups is 1. The molecule has 6 nitrogen and oxygen atoms in total. The van der Waals surface area contributed by atoms with Crippen molar-refractivity contribution in [1.29, 1.82) is 0 Å². The van der Waals surface area contributed by atoms with E-state index in [1.54, 1.807) is 12.3 Å². The molecule has 126 valence electrons. The third kappa shape index (κ3) is 4.23. The number of morpholine rings is 1. The monoisotopic (exact) mass is 327 g/mol. The Balaban J connectivity index is 1.60. The molecule has 0 bridgehead atoms. The van der Waals surface area contributed by atoms with E-state index in [4.69, 9.17) is 9.15 Å². The van der Waals surface area contributed by atoms with Crippen molar-refractivity contribution in [3.63, 3.8) is 0 Å². The molecule has 0 unspecified atom stereocenters. The molecular formula is C18H21N3O3. The van der Waals surface area contributed by atoms with Crippen molar-refractivity contribution in [3.05, 3.63) is 53.6 Å². The highest BCUT2D eigenvalue weighted by molar-refractivity contribution is 5.91. The van der Waals surface area contributed by atoms with Crippen molar-refractivity contribution in [2.75, 3.05) is 31.2 Å². The normalized spacial score (nSPS) is 15.0. The van der Waals surface area contributed by atoms with E-state index in [2.05, 4.69) is 15.2 Å². The maximum atomic E-state index is 12.0. The molecule has 1 aliphatic rings. The topological polar surface area (TPSA) is 67.6 Å². The molecule has 1 amide bonds. The summed E-state index contributed by atoms with van der Waals surface area (Å²) in [6.07, 6.45) is 4.91. The van der Waals surface area contributed by atoms with Crippen molar-refractivity contribution in [2.24, 2.45) is 0 Å². The van der Waals surface area contributed by atoms with Crippen LogP contribution in [0.3, 0.4) is 0 Å². The van der Waals surface area contributed by atoms with E-state index in [1.165, 1.54) is 6.08 Å². The fraction of sp³-hybridized carbons (Fsp3) is 0.333. The predicted octanol–water partition coefficient (Wildman–Crippen LogP) is 2.15. The molecule has 1 N–H and O–H groups in total. The van der Waals surface area contributed by atoms with Crippen LogP contribution in [-0.4, -0.2) is 37.2 Å². The first-order chi connectivity index (χ1) is 11.7. The summed E-state index contributed by atoms with van der Waals surface area (Å²) in [6.45, 7) is 5.33. The number of nitrogens with one attached hydrogen (secondary N) is 1. The Morgan fingerprint density at radius 1 is 1.33 bits per heavy atom. The number of hydrogen-bond acceptors (Lipinski definition) is 5. The highest BCUT2D eigenvalue weighted by atomic mass is 16.5. The summed E-state index contributed by atoms with van der Waals surface area (Å²) in [6, 6.07) is 7.56. The Morgan fingerprint density at radius 2 is 2.17 bits per heavy atom. The molecule has 1 saturated heterocycles. The van der Waals surface area contributed by atoms with Gasteiger partial charge in [0.15, 0.2) is 0 Å². The minimum absolute atomic E-state index is 0.166. The van der Waals surface area contributed by atoms with E-state index >= 15 is 0 Å². The van der Waals surface area contributed by atoms with Crippen LogP contribution in [0.5, 0.6) is 0 Å². The third-order valence-corrected chi connectivity index (χ3v) is 3.79. The van der Waals surface area contributed by atoms with Gasteiger partial charge in [0.2, 0.25) is 5.91 Å². The summed E-state index contributed by atoms with van der Waals surface area (Å²) < 4.78 is 10.8. The zero-order chi connectivity index (χ0) is 16.8. The Bertz CT molecular complexity index is 718. The van der Waals surface area contributed by atoms with Crippen LogP contribution in [0.4, 0.5) is 5.82 Å². The first kappa shape index (κ1) is 16.3. The number of furan rings is 1. The molecule has 0 aliphatic carbocycles. The van der Waals surface area contributed by atoms with Crippen LogP contribution >= 0.6 is 0 Å². The second-order valence-electron chi connectivity index (χ2n) is 5.59. The van der Waals surface area contributed by atoms with Crippen LogP contribution in [-0.2, 0) is 16.1 Å². The van der Waals surface area contributed by atoms with Crippen LogP contribution in [0.2, 0.25) is 0 Å². The van der Waals surface area contributed by atoms with Crippen molar-refractivity contribution < 1.29 is 13.9 Å². The van der Waals surface area contributed by atoms with Gasteiger partial charge in [0.25, 0.3) is 0 Å². The largest absolute Gasteiger partial charge is 0.462 e. The smallest absolute Gasteiger partial charge is 0.244 e. The second-order valence-corrected chi connectivity index (χ2v) is 5.59. The van der Waals surface area contributed by atoms with E-state index in [0.717, 1.165) is 30.2 Å². The summed E-state index contributed by atoms with van der Waals surface area (Å²) >= 11 is 0. The third-order valence-electron chi connectivity index (χ3n) is 3.79. The van der Waals surface area contributed by atoms with Gasteiger partial charge >= 0.3 is 0 Å². The average molecular weight is 327 g/mol. The number of amides is 1. The van der Waals surface area contributed by atoms with E-state index in [9.17, 15) is 4.79 Å². The highest BCUT2D eigenvalue weighted by Gasteiger charge is 2.15. The van der Waals surface area contributed by atoms with Crippen LogP contribution in [0.25, 0.3) is 6.08 Å². The van der Waals surface area contributed by atoms with Crippen molar-refractivity contribution in [1.82, 2.24) is 10.3 Å². The highest BCUT2D eigenvalue weighted by Crippen LogP contribution is 2.18. The van der Waals surface area contributed by atoms with E-state index in [-0.39, 0.29) is 5.91 Å². The van der Waals surface area contributed by atoms with Crippen molar-refractivity contribution >= 4 is 17.8 Å². The number of aryl methyl sites for hydroxylation is 1. The van der Waals surface area contributed by atoms with Gasteiger partial charge in [0.1, 0.15) is 17.3 Å². The molecule has 2 aromatic rings. The molecule has 1 aliphatic heterocycles. The Labute approximate surface area is 141 Å². The fourth-order valence-corrected chi connectivity index (χ4v) is 2.57. The van der Waals surface area contributed by atoms with Crippen molar-refractivity contribution in [3.8, 4) is 0 Å². The first-order valence-corrected chi connectivity index (χ1v) is 8.01. The van der Waals surface area contributed by atoms with Crippen LogP contribution in [0.1, 0.15) is 17.1 Å².